The van der Waals surface area contributed by atoms with Gasteiger partial charge in [-0.3, -0.25) is 9.59 Å². The third-order valence-corrected chi connectivity index (χ3v) is 6.62. The molecule has 2 amide bonds. The van der Waals surface area contributed by atoms with Crippen molar-refractivity contribution in [2.24, 2.45) is 0 Å². The number of amides is 2. The molecule has 2 heterocycles. The Kier molecular flexibility index (Phi) is 5.78. The summed E-state index contributed by atoms with van der Waals surface area (Å²) in [4.78, 5) is 28.0. The molecule has 5 nitrogen and oxygen atoms in total. The van der Waals surface area contributed by atoms with E-state index in [1.807, 2.05) is 29.2 Å². The van der Waals surface area contributed by atoms with Gasteiger partial charge >= 0.3 is 0 Å². The first-order chi connectivity index (χ1) is 13.6. The maximum atomic E-state index is 12.7. The van der Waals surface area contributed by atoms with Crippen LogP contribution in [0.15, 0.2) is 53.4 Å². The van der Waals surface area contributed by atoms with Crippen molar-refractivity contribution in [1.29, 1.82) is 0 Å². The molecular weight excluding hydrogens is 394 g/mol. The summed E-state index contributed by atoms with van der Waals surface area (Å²) < 4.78 is 0. The van der Waals surface area contributed by atoms with Crippen molar-refractivity contribution in [3.8, 4) is 0 Å². The number of anilines is 2. The van der Waals surface area contributed by atoms with E-state index in [0.717, 1.165) is 29.1 Å². The van der Waals surface area contributed by atoms with Crippen LogP contribution in [0.25, 0.3) is 0 Å². The lowest BCUT2D eigenvalue weighted by molar-refractivity contribution is -0.133. The van der Waals surface area contributed by atoms with Gasteiger partial charge in [-0.25, -0.2) is 0 Å². The van der Waals surface area contributed by atoms with Crippen LogP contribution in [0.5, 0.6) is 0 Å². The number of hydrogen-bond acceptors (Lipinski definition) is 4. The van der Waals surface area contributed by atoms with E-state index in [2.05, 4.69) is 22.8 Å². The van der Waals surface area contributed by atoms with Crippen molar-refractivity contribution in [2.45, 2.75) is 35.4 Å². The zero-order valence-electron chi connectivity index (χ0n) is 15.4. The number of hydrogen-bond donors (Lipinski definition) is 2. The van der Waals surface area contributed by atoms with E-state index < -0.39 is 5.25 Å². The summed E-state index contributed by atoms with van der Waals surface area (Å²) in [6.07, 6.45) is 2.04. The fourth-order valence-corrected chi connectivity index (χ4v) is 4.84. The van der Waals surface area contributed by atoms with Gasteiger partial charge in [0.25, 0.3) is 0 Å². The SMILES string of the molecule is O=C1Nc2cc(Cl)ccc2SC1CC(=O)N1CCC(Nc2ccccc2)CC1. The molecule has 146 valence electrons. The Morgan fingerprint density at radius 2 is 1.93 bits per heavy atom. The highest BCUT2D eigenvalue weighted by atomic mass is 35.5. The van der Waals surface area contributed by atoms with E-state index in [1.54, 1.807) is 12.1 Å². The normalized spacial score (nSPS) is 19.7. The number of likely N-dealkylation sites (tertiary alicyclic amines) is 1. The van der Waals surface area contributed by atoms with Gasteiger partial charge in [0.15, 0.2) is 0 Å². The molecular formula is C21H22ClN3O2S. The molecule has 2 aromatic rings. The van der Waals surface area contributed by atoms with E-state index in [0.29, 0.717) is 24.2 Å². The molecule has 7 heteroatoms. The summed E-state index contributed by atoms with van der Waals surface area (Å²) in [5.41, 5.74) is 1.83. The van der Waals surface area contributed by atoms with Crippen LogP contribution >= 0.6 is 23.4 Å². The lowest BCUT2D eigenvalue weighted by Crippen LogP contribution is -2.44. The first-order valence-corrected chi connectivity index (χ1v) is 10.7. The number of rotatable bonds is 4. The molecule has 1 fully saturated rings. The van der Waals surface area contributed by atoms with Crippen molar-refractivity contribution < 1.29 is 9.59 Å². The van der Waals surface area contributed by atoms with Crippen LogP contribution in [0.1, 0.15) is 19.3 Å². The van der Waals surface area contributed by atoms with Crippen molar-refractivity contribution in [1.82, 2.24) is 4.90 Å². The average molecular weight is 416 g/mol. The maximum absolute atomic E-state index is 12.7. The van der Waals surface area contributed by atoms with E-state index in [-0.39, 0.29) is 18.2 Å². The standard InChI is InChI=1S/C21H22ClN3O2S/c22-14-6-7-18-17(12-14)24-21(27)19(28-18)13-20(26)25-10-8-16(9-11-25)23-15-4-2-1-3-5-15/h1-7,12,16,19,23H,8-11,13H2,(H,24,27). The van der Waals surface area contributed by atoms with Crippen LogP contribution in [0.2, 0.25) is 5.02 Å². The largest absolute Gasteiger partial charge is 0.382 e. The van der Waals surface area contributed by atoms with Crippen LogP contribution in [-0.2, 0) is 9.59 Å². The van der Waals surface area contributed by atoms with Gasteiger partial charge in [-0.15, -0.1) is 11.8 Å². The molecule has 2 aromatic carbocycles. The van der Waals surface area contributed by atoms with Crippen molar-refractivity contribution >= 4 is 46.6 Å². The lowest BCUT2D eigenvalue weighted by atomic mass is 10.0. The quantitative estimate of drug-likeness (QED) is 0.783. The number of nitrogens with zero attached hydrogens (tertiary/aromatic N) is 1. The maximum Gasteiger partial charge on any atom is 0.238 e. The molecule has 2 aliphatic rings. The third-order valence-electron chi connectivity index (χ3n) is 5.11. The highest BCUT2D eigenvalue weighted by Crippen LogP contribution is 2.38. The number of carbonyl (C=O) groups excluding carboxylic acids is 2. The predicted molar refractivity (Wildman–Crippen MR) is 114 cm³/mol. The molecule has 4 rings (SSSR count). The Bertz CT molecular complexity index is 869. The molecule has 0 radical (unpaired) electrons. The van der Waals surface area contributed by atoms with Gasteiger partial charge in [0.2, 0.25) is 11.8 Å². The van der Waals surface area contributed by atoms with Crippen LogP contribution in [0.4, 0.5) is 11.4 Å². The van der Waals surface area contributed by atoms with Crippen LogP contribution < -0.4 is 10.6 Å². The van der Waals surface area contributed by atoms with E-state index in [1.165, 1.54) is 11.8 Å². The number of benzene rings is 2. The van der Waals surface area contributed by atoms with Crippen molar-refractivity contribution in [3.63, 3.8) is 0 Å². The number of halogens is 1. The minimum absolute atomic E-state index is 0.0447. The monoisotopic (exact) mass is 415 g/mol. The van der Waals surface area contributed by atoms with Gasteiger partial charge in [-0.05, 0) is 43.2 Å². The van der Waals surface area contributed by atoms with Crippen molar-refractivity contribution in [3.05, 3.63) is 53.6 Å². The second-order valence-electron chi connectivity index (χ2n) is 7.11. The topological polar surface area (TPSA) is 61.4 Å². The molecule has 0 aliphatic carbocycles. The van der Waals surface area contributed by atoms with Gasteiger partial charge in [-0.1, -0.05) is 29.8 Å². The minimum atomic E-state index is -0.402. The molecule has 2 aliphatic heterocycles. The Hall–Kier alpha value is -2.18. The molecule has 1 atom stereocenters. The molecule has 0 spiro atoms. The summed E-state index contributed by atoms with van der Waals surface area (Å²) in [6.45, 7) is 1.43. The van der Waals surface area contributed by atoms with Gasteiger partial charge in [0, 0.05) is 41.2 Å². The Labute approximate surface area is 173 Å². The molecule has 0 aromatic heterocycles. The van der Waals surface area contributed by atoms with E-state index in [4.69, 9.17) is 11.6 Å². The number of para-hydroxylation sites is 1. The van der Waals surface area contributed by atoms with Crippen molar-refractivity contribution in [2.75, 3.05) is 23.7 Å². The molecule has 2 N–H and O–H groups in total. The minimum Gasteiger partial charge on any atom is -0.382 e. The number of thioether (sulfide) groups is 1. The Balaban J connectivity index is 1.30. The second-order valence-corrected chi connectivity index (χ2v) is 8.79. The van der Waals surface area contributed by atoms with Crippen LogP contribution in [0.3, 0.4) is 0 Å². The number of fused-ring (bicyclic) bond motifs is 1. The average Bonchev–Trinajstić information content (AvgIpc) is 2.70. The fourth-order valence-electron chi connectivity index (χ4n) is 3.59. The Morgan fingerprint density at radius 3 is 2.68 bits per heavy atom. The highest BCUT2D eigenvalue weighted by Gasteiger charge is 2.31. The summed E-state index contributed by atoms with van der Waals surface area (Å²) in [7, 11) is 0. The molecule has 1 unspecified atom stereocenters. The highest BCUT2D eigenvalue weighted by molar-refractivity contribution is 8.01. The van der Waals surface area contributed by atoms with E-state index >= 15 is 0 Å². The fraction of sp³-hybridized carbons (Fsp3) is 0.333. The van der Waals surface area contributed by atoms with Crippen LogP contribution in [0, 0.1) is 0 Å². The van der Waals surface area contributed by atoms with Gasteiger partial charge in [-0.2, -0.15) is 0 Å². The molecule has 1 saturated heterocycles. The molecule has 0 saturated carbocycles. The summed E-state index contributed by atoms with van der Waals surface area (Å²) >= 11 is 7.42. The zero-order valence-corrected chi connectivity index (χ0v) is 16.9. The van der Waals surface area contributed by atoms with Gasteiger partial charge in [0.05, 0.1) is 10.9 Å². The zero-order chi connectivity index (χ0) is 19.5. The second kappa shape index (κ2) is 8.45. The number of piperidine rings is 1. The van der Waals surface area contributed by atoms with Gasteiger partial charge in [0.1, 0.15) is 0 Å². The molecule has 28 heavy (non-hydrogen) atoms. The summed E-state index contributed by atoms with van der Waals surface area (Å²) in [5.74, 6) is -0.0861. The predicted octanol–water partition coefficient (Wildman–Crippen LogP) is 4.25. The summed E-state index contributed by atoms with van der Waals surface area (Å²) in [5, 5.41) is 6.58. The first-order valence-electron chi connectivity index (χ1n) is 9.45. The number of nitrogens with one attached hydrogen (secondary N) is 2. The third kappa shape index (κ3) is 4.45. The Morgan fingerprint density at radius 1 is 1.18 bits per heavy atom. The summed E-state index contributed by atoms with van der Waals surface area (Å²) in [6, 6.07) is 15.9. The number of carbonyl (C=O) groups is 2. The van der Waals surface area contributed by atoms with Crippen LogP contribution in [-0.4, -0.2) is 41.1 Å². The smallest absolute Gasteiger partial charge is 0.238 e. The van der Waals surface area contributed by atoms with E-state index in [9.17, 15) is 9.59 Å². The van der Waals surface area contributed by atoms with Gasteiger partial charge < -0.3 is 15.5 Å². The lowest BCUT2D eigenvalue weighted by Gasteiger charge is -2.34. The first kappa shape index (κ1) is 19.2. The molecule has 0 bridgehead atoms.